The van der Waals surface area contributed by atoms with Crippen LogP contribution < -0.4 is 5.32 Å². The number of hydrogen-bond acceptors (Lipinski definition) is 3. The van der Waals surface area contributed by atoms with Crippen molar-refractivity contribution < 1.29 is 13.2 Å². The maximum Gasteiger partial charge on any atom is 0.284 e. The van der Waals surface area contributed by atoms with Gasteiger partial charge in [0.15, 0.2) is 0 Å². The Morgan fingerprint density at radius 2 is 1.95 bits per heavy atom. The minimum atomic E-state index is -2.36. The van der Waals surface area contributed by atoms with Gasteiger partial charge in [0, 0.05) is 6.54 Å². The van der Waals surface area contributed by atoms with E-state index in [-0.39, 0.29) is 5.75 Å². The fourth-order valence-electron chi connectivity index (χ4n) is 1.89. The Labute approximate surface area is 121 Å². The number of nitrogens with one attached hydrogen (secondary N) is 1. The third-order valence-corrected chi connectivity index (χ3v) is 3.48. The molecule has 1 aromatic heterocycles. The number of aryl methyl sites for hydroxylation is 1. The molecular weight excluding hydrogens is 280 g/mol. The smallest absolute Gasteiger partial charge is 0.284 e. The largest absolute Gasteiger partial charge is 0.464 e. The minimum absolute atomic E-state index is 0.204. The molecular formula is C15H17F2NOS. The molecule has 0 unspecified atom stereocenters. The number of hydrogen-bond donors (Lipinski definition) is 1. The molecule has 108 valence electrons. The zero-order valence-corrected chi connectivity index (χ0v) is 12.1. The summed E-state index contributed by atoms with van der Waals surface area (Å²) in [5.74, 6) is -0.802. The van der Waals surface area contributed by atoms with Crippen LogP contribution in [0.5, 0.6) is 0 Å². The SMILES string of the molecule is Cc1cccc(CNCc2ccc(CSC(F)F)o2)c1. The minimum Gasteiger partial charge on any atom is -0.464 e. The van der Waals surface area contributed by atoms with Gasteiger partial charge in [0.2, 0.25) is 0 Å². The molecule has 20 heavy (non-hydrogen) atoms. The van der Waals surface area contributed by atoms with Gasteiger partial charge in [-0.25, -0.2) is 0 Å². The van der Waals surface area contributed by atoms with Crippen molar-refractivity contribution in [2.75, 3.05) is 0 Å². The molecule has 0 aliphatic carbocycles. The lowest BCUT2D eigenvalue weighted by Gasteiger charge is -2.04. The van der Waals surface area contributed by atoms with Crippen LogP contribution in [-0.4, -0.2) is 5.76 Å². The molecule has 0 spiro atoms. The number of rotatable bonds is 7. The van der Waals surface area contributed by atoms with Gasteiger partial charge >= 0.3 is 0 Å². The Bertz CT molecular complexity index is 542. The van der Waals surface area contributed by atoms with Gasteiger partial charge < -0.3 is 9.73 Å². The average Bonchev–Trinajstić information content (AvgIpc) is 2.84. The van der Waals surface area contributed by atoms with E-state index < -0.39 is 5.76 Å². The van der Waals surface area contributed by atoms with Gasteiger partial charge in [0.05, 0.1) is 12.3 Å². The molecule has 1 heterocycles. The Hall–Kier alpha value is -1.33. The van der Waals surface area contributed by atoms with Crippen LogP contribution >= 0.6 is 11.8 Å². The van der Waals surface area contributed by atoms with Crippen LogP contribution in [0.1, 0.15) is 22.6 Å². The molecule has 0 bridgehead atoms. The Morgan fingerprint density at radius 1 is 1.15 bits per heavy atom. The molecule has 0 saturated carbocycles. The van der Waals surface area contributed by atoms with Crippen molar-refractivity contribution in [2.24, 2.45) is 0 Å². The Morgan fingerprint density at radius 3 is 2.70 bits per heavy atom. The molecule has 0 aliphatic heterocycles. The third-order valence-electron chi connectivity index (χ3n) is 2.78. The van der Waals surface area contributed by atoms with Gasteiger partial charge in [-0.05, 0) is 24.6 Å². The Balaban J connectivity index is 1.77. The first-order chi connectivity index (χ1) is 9.63. The van der Waals surface area contributed by atoms with Crippen LogP contribution in [-0.2, 0) is 18.8 Å². The lowest BCUT2D eigenvalue weighted by Crippen LogP contribution is -2.12. The molecule has 0 fully saturated rings. The summed E-state index contributed by atoms with van der Waals surface area (Å²) in [5, 5.41) is 3.27. The molecule has 0 radical (unpaired) electrons. The number of thioether (sulfide) groups is 1. The molecule has 2 aromatic rings. The summed E-state index contributed by atoms with van der Waals surface area (Å²) in [4.78, 5) is 0. The summed E-state index contributed by atoms with van der Waals surface area (Å²) >= 11 is 0.573. The summed E-state index contributed by atoms with van der Waals surface area (Å²) in [6.07, 6.45) is 0. The first kappa shape index (κ1) is 15.1. The van der Waals surface area contributed by atoms with Gasteiger partial charge in [-0.3, -0.25) is 0 Å². The van der Waals surface area contributed by atoms with E-state index in [0.717, 1.165) is 12.3 Å². The highest BCUT2D eigenvalue weighted by atomic mass is 32.2. The van der Waals surface area contributed by atoms with Crippen molar-refractivity contribution >= 4 is 11.8 Å². The average molecular weight is 297 g/mol. The second-order valence-corrected chi connectivity index (χ2v) is 5.51. The van der Waals surface area contributed by atoms with Crippen molar-refractivity contribution in [3.63, 3.8) is 0 Å². The highest BCUT2D eigenvalue weighted by Gasteiger charge is 2.07. The summed E-state index contributed by atoms with van der Waals surface area (Å²) in [6, 6.07) is 11.8. The fraction of sp³-hybridized carbons (Fsp3) is 0.333. The predicted molar refractivity (Wildman–Crippen MR) is 77.7 cm³/mol. The number of furan rings is 1. The predicted octanol–water partition coefficient (Wildman–Crippen LogP) is 4.33. The van der Waals surface area contributed by atoms with Gasteiger partial charge in [-0.1, -0.05) is 41.6 Å². The highest BCUT2D eigenvalue weighted by Crippen LogP contribution is 2.21. The van der Waals surface area contributed by atoms with Crippen molar-refractivity contribution in [1.82, 2.24) is 5.32 Å². The van der Waals surface area contributed by atoms with E-state index in [1.165, 1.54) is 11.1 Å². The lowest BCUT2D eigenvalue weighted by atomic mass is 10.1. The monoisotopic (exact) mass is 297 g/mol. The topological polar surface area (TPSA) is 25.2 Å². The zero-order chi connectivity index (χ0) is 14.4. The van der Waals surface area contributed by atoms with Gasteiger partial charge in [-0.2, -0.15) is 8.78 Å². The van der Waals surface area contributed by atoms with Crippen LogP contribution in [0.25, 0.3) is 0 Å². The lowest BCUT2D eigenvalue weighted by molar-refractivity contribution is 0.251. The van der Waals surface area contributed by atoms with Crippen LogP contribution in [0.4, 0.5) is 8.78 Å². The van der Waals surface area contributed by atoms with Crippen LogP contribution in [0.3, 0.4) is 0 Å². The molecule has 0 atom stereocenters. The number of benzene rings is 1. The van der Waals surface area contributed by atoms with Crippen molar-refractivity contribution in [3.8, 4) is 0 Å². The van der Waals surface area contributed by atoms with Crippen LogP contribution in [0.15, 0.2) is 40.8 Å². The maximum absolute atomic E-state index is 12.1. The fourth-order valence-corrected chi connectivity index (χ4v) is 2.34. The third kappa shape index (κ3) is 4.98. The summed E-state index contributed by atoms with van der Waals surface area (Å²) in [5.41, 5.74) is 2.44. The molecule has 0 saturated heterocycles. The van der Waals surface area contributed by atoms with Crippen LogP contribution in [0.2, 0.25) is 0 Å². The van der Waals surface area contributed by atoms with E-state index in [1.54, 1.807) is 6.07 Å². The van der Waals surface area contributed by atoms with Gasteiger partial charge in [-0.15, -0.1) is 0 Å². The van der Waals surface area contributed by atoms with E-state index in [2.05, 4.69) is 30.4 Å². The highest BCUT2D eigenvalue weighted by molar-refractivity contribution is 7.98. The quantitative estimate of drug-likeness (QED) is 0.823. The van der Waals surface area contributed by atoms with Crippen LogP contribution in [0, 0.1) is 6.92 Å². The van der Waals surface area contributed by atoms with Crippen molar-refractivity contribution in [1.29, 1.82) is 0 Å². The molecule has 1 N–H and O–H groups in total. The zero-order valence-electron chi connectivity index (χ0n) is 11.2. The summed E-state index contributed by atoms with van der Waals surface area (Å²) in [6.45, 7) is 3.40. The van der Waals surface area contributed by atoms with Gasteiger partial charge in [0.25, 0.3) is 5.76 Å². The molecule has 5 heteroatoms. The van der Waals surface area contributed by atoms with Crippen molar-refractivity contribution in [2.45, 2.75) is 31.5 Å². The van der Waals surface area contributed by atoms with Crippen molar-refractivity contribution in [3.05, 3.63) is 59.0 Å². The molecule has 2 nitrogen and oxygen atoms in total. The van der Waals surface area contributed by atoms with E-state index in [0.29, 0.717) is 24.1 Å². The second kappa shape index (κ2) is 7.45. The van der Waals surface area contributed by atoms with Gasteiger partial charge in [0.1, 0.15) is 11.5 Å². The Kier molecular flexibility index (Phi) is 5.61. The molecule has 0 amide bonds. The van der Waals surface area contributed by atoms with E-state index >= 15 is 0 Å². The van der Waals surface area contributed by atoms with E-state index in [9.17, 15) is 8.78 Å². The van der Waals surface area contributed by atoms with E-state index in [1.807, 2.05) is 12.1 Å². The summed E-state index contributed by atoms with van der Waals surface area (Å²) < 4.78 is 29.6. The maximum atomic E-state index is 12.1. The normalized spacial score (nSPS) is 11.2. The first-order valence-electron chi connectivity index (χ1n) is 6.37. The van der Waals surface area contributed by atoms with E-state index in [4.69, 9.17) is 4.42 Å². The molecule has 0 aliphatic rings. The second-order valence-electron chi connectivity index (χ2n) is 4.53. The first-order valence-corrected chi connectivity index (χ1v) is 7.42. The molecule has 1 aromatic carbocycles. The standard InChI is InChI=1S/C15H17F2NOS/c1-11-3-2-4-12(7-11)8-18-9-13-5-6-14(19-13)10-20-15(16)17/h2-7,15,18H,8-10H2,1H3. The number of alkyl halides is 2. The summed E-state index contributed by atoms with van der Waals surface area (Å²) in [7, 11) is 0. The number of halogens is 2. The molecule has 2 rings (SSSR count).